The average Bonchev–Trinajstić information content (AvgIpc) is 2.43. The molecule has 0 saturated carbocycles. The van der Waals surface area contributed by atoms with E-state index in [0.29, 0.717) is 0 Å². The van der Waals surface area contributed by atoms with Crippen LogP contribution >= 0.6 is 15.9 Å². The molecule has 0 spiro atoms. The van der Waals surface area contributed by atoms with Gasteiger partial charge in [-0.05, 0) is 44.3 Å². The van der Waals surface area contributed by atoms with Crippen LogP contribution in [0.25, 0.3) is 10.8 Å². The first-order chi connectivity index (χ1) is 8.84. The van der Waals surface area contributed by atoms with Crippen LogP contribution in [-0.4, -0.2) is 0 Å². The van der Waals surface area contributed by atoms with E-state index >= 15 is 0 Å². The van der Waals surface area contributed by atoms with Gasteiger partial charge in [-0.15, -0.1) is 0 Å². The van der Waals surface area contributed by atoms with Gasteiger partial charge < -0.3 is 0 Å². The molecular formula is C17H13Br. The molecule has 0 aliphatic carbocycles. The molecule has 0 unspecified atom stereocenters. The summed E-state index contributed by atoms with van der Waals surface area (Å²) in [5.74, 6) is 0. The Morgan fingerprint density at radius 1 is 0.722 bits per heavy atom. The molecule has 0 nitrogen and oxygen atoms in total. The molecule has 1 heteroatoms. The monoisotopic (exact) mass is 296 g/mol. The maximum Gasteiger partial charge on any atom is 0.0289 e. The SMILES string of the molecule is Brc1c(Cc2ccccc2)ccc2ccccc12. The molecule has 0 bridgehead atoms. The van der Waals surface area contributed by atoms with Crippen LogP contribution in [0.3, 0.4) is 0 Å². The second kappa shape index (κ2) is 4.95. The minimum atomic E-state index is 0.965. The summed E-state index contributed by atoms with van der Waals surface area (Å²) in [4.78, 5) is 0. The predicted octanol–water partition coefficient (Wildman–Crippen LogP) is 5.19. The molecule has 3 rings (SSSR count). The summed E-state index contributed by atoms with van der Waals surface area (Å²) in [7, 11) is 0. The molecular weight excluding hydrogens is 284 g/mol. The minimum Gasteiger partial charge on any atom is -0.0622 e. The molecule has 3 aromatic carbocycles. The van der Waals surface area contributed by atoms with Crippen LogP contribution in [0.1, 0.15) is 11.1 Å². The van der Waals surface area contributed by atoms with Crippen LogP contribution < -0.4 is 0 Å². The quantitative estimate of drug-likeness (QED) is 0.610. The predicted molar refractivity (Wildman–Crippen MR) is 80.9 cm³/mol. The smallest absolute Gasteiger partial charge is 0.0289 e. The van der Waals surface area contributed by atoms with Gasteiger partial charge in [0.2, 0.25) is 0 Å². The van der Waals surface area contributed by atoms with E-state index in [1.165, 1.54) is 26.4 Å². The van der Waals surface area contributed by atoms with Crippen LogP contribution in [0.15, 0.2) is 71.2 Å². The first kappa shape index (κ1) is 11.5. The van der Waals surface area contributed by atoms with Gasteiger partial charge in [-0.25, -0.2) is 0 Å². The van der Waals surface area contributed by atoms with Crippen molar-refractivity contribution in [1.82, 2.24) is 0 Å². The van der Waals surface area contributed by atoms with Gasteiger partial charge in [-0.1, -0.05) is 66.7 Å². The van der Waals surface area contributed by atoms with Crippen molar-refractivity contribution in [3.8, 4) is 0 Å². The fourth-order valence-electron chi connectivity index (χ4n) is 2.23. The Morgan fingerprint density at radius 3 is 2.28 bits per heavy atom. The van der Waals surface area contributed by atoms with Gasteiger partial charge in [-0.3, -0.25) is 0 Å². The maximum atomic E-state index is 3.74. The number of hydrogen-bond donors (Lipinski definition) is 0. The van der Waals surface area contributed by atoms with Crippen LogP contribution in [0.2, 0.25) is 0 Å². The van der Waals surface area contributed by atoms with Crippen molar-refractivity contribution < 1.29 is 0 Å². The lowest BCUT2D eigenvalue weighted by Crippen LogP contribution is -1.90. The number of fused-ring (bicyclic) bond motifs is 1. The van der Waals surface area contributed by atoms with Gasteiger partial charge in [0.25, 0.3) is 0 Å². The second-order valence-electron chi connectivity index (χ2n) is 4.42. The molecule has 0 fully saturated rings. The van der Waals surface area contributed by atoms with Gasteiger partial charge in [0, 0.05) is 4.47 Å². The Bertz CT molecular complexity index is 672. The van der Waals surface area contributed by atoms with Gasteiger partial charge in [0.15, 0.2) is 0 Å². The summed E-state index contributed by atoms with van der Waals surface area (Å²) in [6, 6.07) is 23.4. The van der Waals surface area contributed by atoms with Crippen molar-refractivity contribution in [2.24, 2.45) is 0 Å². The summed E-state index contributed by atoms with van der Waals surface area (Å²) in [5, 5.41) is 2.56. The highest BCUT2D eigenvalue weighted by Gasteiger charge is 2.05. The summed E-state index contributed by atoms with van der Waals surface area (Å²) < 4.78 is 1.21. The summed E-state index contributed by atoms with van der Waals surface area (Å²) >= 11 is 3.74. The largest absolute Gasteiger partial charge is 0.0622 e. The highest BCUT2D eigenvalue weighted by molar-refractivity contribution is 9.10. The number of benzene rings is 3. The lowest BCUT2D eigenvalue weighted by Gasteiger charge is -2.08. The van der Waals surface area contributed by atoms with Gasteiger partial charge in [-0.2, -0.15) is 0 Å². The lowest BCUT2D eigenvalue weighted by atomic mass is 10.0. The fraction of sp³-hybridized carbons (Fsp3) is 0.0588. The van der Waals surface area contributed by atoms with E-state index in [2.05, 4.69) is 82.7 Å². The van der Waals surface area contributed by atoms with E-state index in [9.17, 15) is 0 Å². The molecule has 0 atom stereocenters. The second-order valence-corrected chi connectivity index (χ2v) is 5.22. The normalized spacial score (nSPS) is 10.7. The zero-order valence-electron chi connectivity index (χ0n) is 9.94. The van der Waals surface area contributed by atoms with Crippen molar-refractivity contribution in [2.45, 2.75) is 6.42 Å². The van der Waals surface area contributed by atoms with Crippen molar-refractivity contribution >= 4 is 26.7 Å². The Hall–Kier alpha value is -1.60. The van der Waals surface area contributed by atoms with Crippen LogP contribution in [0.4, 0.5) is 0 Å². The summed E-state index contributed by atoms with van der Waals surface area (Å²) in [6.45, 7) is 0. The third-order valence-corrected chi connectivity index (χ3v) is 4.12. The van der Waals surface area contributed by atoms with Crippen LogP contribution in [-0.2, 0) is 6.42 Å². The van der Waals surface area contributed by atoms with E-state index in [1.54, 1.807) is 0 Å². The van der Waals surface area contributed by atoms with Crippen molar-refractivity contribution in [1.29, 1.82) is 0 Å². The molecule has 0 heterocycles. The van der Waals surface area contributed by atoms with E-state index in [-0.39, 0.29) is 0 Å². The van der Waals surface area contributed by atoms with Crippen molar-refractivity contribution in [3.05, 3.63) is 82.3 Å². The molecule has 0 radical (unpaired) electrons. The first-order valence-electron chi connectivity index (χ1n) is 6.04. The highest BCUT2D eigenvalue weighted by Crippen LogP contribution is 2.29. The zero-order chi connectivity index (χ0) is 12.4. The van der Waals surface area contributed by atoms with E-state index in [1.807, 2.05) is 0 Å². The molecule has 88 valence electrons. The molecule has 0 N–H and O–H groups in total. The van der Waals surface area contributed by atoms with Crippen molar-refractivity contribution in [2.75, 3.05) is 0 Å². The van der Waals surface area contributed by atoms with Gasteiger partial charge >= 0.3 is 0 Å². The molecule has 0 aliphatic rings. The molecule has 0 aromatic heterocycles. The number of hydrogen-bond acceptors (Lipinski definition) is 0. The van der Waals surface area contributed by atoms with Crippen molar-refractivity contribution in [3.63, 3.8) is 0 Å². The molecule has 0 aliphatic heterocycles. The topological polar surface area (TPSA) is 0 Å². The lowest BCUT2D eigenvalue weighted by molar-refractivity contribution is 1.19. The number of halogens is 1. The Kier molecular flexibility index (Phi) is 3.16. The molecule has 0 amide bonds. The van der Waals surface area contributed by atoms with E-state index in [4.69, 9.17) is 0 Å². The van der Waals surface area contributed by atoms with Crippen LogP contribution in [0.5, 0.6) is 0 Å². The summed E-state index contributed by atoms with van der Waals surface area (Å²) in [5.41, 5.74) is 2.67. The molecule has 3 aromatic rings. The minimum absolute atomic E-state index is 0.965. The fourth-order valence-corrected chi connectivity index (χ4v) is 2.86. The third-order valence-electron chi connectivity index (χ3n) is 3.18. The zero-order valence-corrected chi connectivity index (χ0v) is 11.5. The van der Waals surface area contributed by atoms with Gasteiger partial charge in [0.05, 0.1) is 0 Å². The standard InChI is InChI=1S/C17H13Br/c18-17-15(12-13-6-2-1-3-7-13)11-10-14-8-4-5-9-16(14)17/h1-11H,12H2. The first-order valence-corrected chi connectivity index (χ1v) is 6.84. The maximum absolute atomic E-state index is 3.74. The van der Waals surface area contributed by atoms with Gasteiger partial charge in [0.1, 0.15) is 0 Å². The Balaban J connectivity index is 2.05. The molecule has 18 heavy (non-hydrogen) atoms. The van der Waals surface area contributed by atoms with Crippen LogP contribution in [0, 0.1) is 0 Å². The van der Waals surface area contributed by atoms with E-state index in [0.717, 1.165) is 6.42 Å². The molecule has 0 saturated heterocycles. The summed E-state index contributed by atoms with van der Waals surface area (Å²) in [6.07, 6.45) is 0.965. The Labute approximate surface area is 115 Å². The third kappa shape index (κ3) is 2.19. The van der Waals surface area contributed by atoms with E-state index < -0.39 is 0 Å². The average molecular weight is 297 g/mol. The highest BCUT2D eigenvalue weighted by atomic mass is 79.9. The Morgan fingerprint density at radius 2 is 1.44 bits per heavy atom. The number of rotatable bonds is 2.